The Morgan fingerprint density at radius 1 is 1.26 bits per heavy atom. The number of nitrogens with one attached hydrogen (secondary N) is 1. The molecule has 6 nitrogen and oxygen atoms in total. The van der Waals surface area contributed by atoms with Gasteiger partial charge in [-0.2, -0.15) is 0 Å². The number of amides is 1. The molecule has 1 aliphatic rings. The maximum Gasteiger partial charge on any atom is 0.337 e. The summed E-state index contributed by atoms with van der Waals surface area (Å²) >= 11 is 0. The van der Waals surface area contributed by atoms with Crippen LogP contribution in [0.15, 0.2) is 24.3 Å². The average molecular weight is 319 g/mol. The fraction of sp³-hybridized carbons (Fsp3) is 0.529. The monoisotopic (exact) mass is 319 g/mol. The molecule has 1 unspecified atom stereocenters. The number of carbonyl (C=O) groups excluding carboxylic acids is 2. The van der Waals surface area contributed by atoms with Gasteiger partial charge in [-0.25, -0.2) is 4.79 Å². The zero-order chi connectivity index (χ0) is 16.8. The van der Waals surface area contributed by atoms with Crippen molar-refractivity contribution in [2.24, 2.45) is 0 Å². The van der Waals surface area contributed by atoms with E-state index in [1.165, 1.54) is 7.11 Å². The van der Waals surface area contributed by atoms with Crippen molar-refractivity contribution in [3.8, 4) is 0 Å². The predicted octanol–water partition coefficient (Wildman–Crippen LogP) is 1.12. The lowest BCUT2D eigenvalue weighted by molar-refractivity contribution is -0.122. The number of likely N-dealkylation sites (N-methyl/N-ethyl adjacent to an activating group) is 1. The molecule has 1 fully saturated rings. The number of hydrogen-bond acceptors (Lipinski definition) is 5. The highest BCUT2D eigenvalue weighted by molar-refractivity contribution is 5.89. The number of nitrogens with zero attached hydrogens (tertiary/aromatic N) is 2. The van der Waals surface area contributed by atoms with Crippen LogP contribution in [0.5, 0.6) is 0 Å². The second-order valence-electron chi connectivity index (χ2n) is 5.76. The van der Waals surface area contributed by atoms with E-state index in [4.69, 9.17) is 4.74 Å². The predicted molar refractivity (Wildman–Crippen MR) is 89.7 cm³/mol. The molecule has 1 aromatic carbocycles. The Labute approximate surface area is 137 Å². The van der Waals surface area contributed by atoms with Gasteiger partial charge in [0.25, 0.3) is 0 Å². The van der Waals surface area contributed by atoms with Crippen LogP contribution in [0.4, 0.5) is 5.69 Å². The quantitative estimate of drug-likeness (QED) is 0.824. The van der Waals surface area contributed by atoms with E-state index in [1.54, 1.807) is 12.1 Å². The zero-order valence-electron chi connectivity index (χ0n) is 14.0. The molecule has 23 heavy (non-hydrogen) atoms. The van der Waals surface area contributed by atoms with Gasteiger partial charge >= 0.3 is 5.97 Å². The van der Waals surface area contributed by atoms with E-state index in [9.17, 15) is 9.59 Å². The smallest absolute Gasteiger partial charge is 0.337 e. The van der Waals surface area contributed by atoms with Crippen molar-refractivity contribution in [1.29, 1.82) is 0 Å². The standard InChI is InChI=1S/C17H25N3O3/c1-4-18-16(21)12-19-9-10-20(11-13(19)2)15-7-5-14(6-8-15)17(22)23-3/h5-8,13H,4,9-12H2,1-3H3,(H,18,21). The average Bonchev–Trinajstić information content (AvgIpc) is 2.56. The van der Waals surface area contributed by atoms with Crippen LogP contribution in [0.1, 0.15) is 24.2 Å². The number of hydrogen-bond donors (Lipinski definition) is 1. The van der Waals surface area contributed by atoms with E-state index in [-0.39, 0.29) is 11.9 Å². The molecule has 0 aromatic heterocycles. The number of benzene rings is 1. The second kappa shape index (κ2) is 7.97. The van der Waals surface area contributed by atoms with Crippen molar-refractivity contribution in [3.63, 3.8) is 0 Å². The van der Waals surface area contributed by atoms with Crippen LogP contribution < -0.4 is 10.2 Å². The van der Waals surface area contributed by atoms with Gasteiger partial charge in [-0.3, -0.25) is 9.69 Å². The third-order valence-electron chi connectivity index (χ3n) is 4.14. The van der Waals surface area contributed by atoms with E-state index in [0.717, 1.165) is 25.3 Å². The van der Waals surface area contributed by atoms with Crippen molar-refractivity contribution >= 4 is 17.6 Å². The summed E-state index contributed by atoms with van der Waals surface area (Å²) in [4.78, 5) is 27.7. The summed E-state index contributed by atoms with van der Waals surface area (Å²) in [6.45, 7) is 7.74. The molecule has 0 radical (unpaired) electrons. The topological polar surface area (TPSA) is 61.9 Å². The van der Waals surface area contributed by atoms with Crippen molar-refractivity contribution in [2.45, 2.75) is 19.9 Å². The Kier molecular flexibility index (Phi) is 5.98. The molecule has 1 saturated heterocycles. The first-order valence-electron chi connectivity index (χ1n) is 7.99. The number of esters is 1. The minimum atomic E-state index is -0.323. The van der Waals surface area contributed by atoms with Gasteiger partial charge in [0.05, 0.1) is 19.2 Å². The van der Waals surface area contributed by atoms with E-state index < -0.39 is 0 Å². The van der Waals surface area contributed by atoms with Gasteiger partial charge in [-0.1, -0.05) is 0 Å². The molecule has 1 N–H and O–H groups in total. The highest BCUT2D eigenvalue weighted by atomic mass is 16.5. The van der Waals surface area contributed by atoms with Crippen LogP contribution in [-0.4, -0.2) is 62.7 Å². The van der Waals surface area contributed by atoms with Gasteiger partial charge in [0.2, 0.25) is 5.91 Å². The SMILES string of the molecule is CCNC(=O)CN1CCN(c2ccc(C(=O)OC)cc2)CC1C. The molecule has 126 valence electrons. The van der Waals surface area contributed by atoms with Crippen molar-refractivity contribution < 1.29 is 14.3 Å². The minimum Gasteiger partial charge on any atom is -0.465 e. The van der Waals surface area contributed by atoms with Crippen LogP contribution >= 0.6 is 0 Å². The lowest BCUT2D eigenvalue weighted by atomic mass is 10.1. The molecule has 0 saturated carbocycles. The fourth-order valence-corrected chi connectivity index (χ4v) is 2.83. The number of rotatable bonds is 5. The van der Waals surface area contributed by atoms with Crippen molar-refractivity contribution in [1.82, 2.24) is 10.2 Å². The lowest BCUT2D eigenvalue weighted by Gasteiger charge is -2.40. The lowest BCUT2D eigenvalue weighted by Crippen LogP contribution is -2.54. The molecule has 1 aliphatic heterocycles. The number of anilines is 1. The minimum absolute atomic E-state index is 0.0789. The van der Waals surface area contributed by atoms with E-state index in [0.29, 0.717) is 24.7 Å². The van der Waals surface area contributed by atoms with Gasteiger partial charge in [0.1, 0.15) is 0 Å². The highest BCUT2D eigenvalue weighted by Gasteiger charge is 2.25. The molecule has 2 rings (SSSR count). The first-order valence-corrected chi connectivity index (χ1v) is 7.99. The molecular formula is C17H25N3O3. The van der Waals surface area contributed by atoms with Gasteiger partial charge in [0.15, 0.2) is 0 Å². The zero-order valence-corrected chi connectivity index (χ0v) is 14.0. The van der Waals surface area contributed by atoms with Gasteiger partial charge in [-0.15, -0.1) is 0 Å². The molecule has 0 spiro atoms. The van der Waals surface area contributed by atoms with E-state index >= 15 is 0 Å². The number of methoxy groups -OCH3 is 1. The Hall–Kier alpha value is -2.08. The van der Waals surface area contributed by atoms with Crippen LogP contribution in [0.2, 0.25) is 0 Å². The highest BCUT2D eigenvalue weighted by Crippen LogP contribution is 2.20. The maximum atomic E-state index is 11.7. The van der Waals surface area contributed by atoms with E-state index in [1.807, 2.05) is 19.1 Å². The van der Waals surface area contributed by atoms with Crippen LogP contribution in [0.25, 0.3) is 0 Å². The summed E-state index contributed by atoms with van der Waals surface area (Å²) in [5, 5.41) is 2.84. The summed E-state index contributed by atoms with van der Waals surface area (Å²) in [6, 6.07) is 7.75. The Morgan fingerprint density at radius 3 is 2.52 bits per heavy atom. The number of piperazine rings is 1. The van der Waals surface area contributed by atoms with Crippen molar-refractivity contribution in [3.05, 3.63) is 29.8 Å². The Balaban J connectivity index is 1.94. The van der Waals surface area contributed by atoms with Gasteiger partial charge < -0.3 is 15.0 Å². The van der Waals surface area contributed by atoms with Crippen molar-refractivity contribution in [2.75, 3.05) is 44.7 Å². The molecular weight excluding hydrogens is 294 g/mol. The molecule has 0 bridgehead atoms. The van der Waals surface area contributed by atoms with Crippen LogP contribution in [-0.2, 0) is 9.53 Å². The first kappa shape index (κ1) is 17.3. The Morgan fingerprint density at radius 2 is 1.96 bits per heavy atom. The first-order chi connectivity index (χ1) is 11.0. The van der Waals surface area contributed by atoms with Gasteiger partial charge in [0, 0.05) is 37.9 Å². The molecule has 1 atom stereocenters. The maximum absolute atomic E-state index is 11.7. The molecule has 0 aliphatic carbocycles. The van der Waals surface area contributed by atoms with E-state index in [2.05, 4.69) is 22.0 Å². The second-order valence-corrected chi connectivity index (χ2v) is 5.76. The number of carbonyl (C=O) groups is 2. The largest absolute Gasteiger partial charge is 0.465 e. The number of ether oxygens (including phenoxy) is 1. The summed E-state index contributed by atoms with van der Waals surface area (Å²) in [7, 11) is 1.38. The van der Waals surface area contributed by atoms with Crippen LogP contribution in [0, 0.1) is 0 Å². The third kappa shape index (κ3) is 4.45. The summed E-state index contributed by atoms with van der Waals surface area (Å²) < 4.78 is 4.71. The summed E-state index contributed by atoms with van der Waals surface area (Å²) in [6.07, 6.45) is 0. The Bertz CT molecular complexity index is 545. The van der Waals surface area contributed by atoms with Gasteiger partial charge in [-0.05, 0) is 38.1 Å². The molecule has 1 amide bonds. The third-order valence-corrected chi connectivity index (χ3v) is 4.14. The van der Waals surface area contributed by atoms with Crippen LogP contribution in [0.3, 0.4) is 0 Å². The molecule has 1 aromatic rings. The fourth-order valence-electron chi connectivity index (χ4n) is 2.83. The summed E-state index contributed by atoms with van der Waals surface area (Å²) in [5.41, 5.74) is 1.64. The summed E-state index contributed by atoms with van der Waals surface area (Å²) in [5.74, 6) is -0.244. The molecule has 1 heterocycles. The molecule has 6 heteroatoms. The normalized spacial score (nSPS) is 18.6.